The lowest BCUT2D eigenvalue weighted by atomic mass is 9.84. The van der Waals surface area contributed by atoms with Gasteiger partial charge in [0.2, 0.25) is 5.91 Å². The molecule has 0 fully saturated rings. The topological polar surface area (TPSA) is 78.8 Å². The Kier molecular flexibility index (Phi) is 3.93. The quantitative estimate of drug-likeness (QED) is 0.813. The van der Waals surface area contributed by atoms with Crippen LogP contribution in [0.3, 0.4) is 0 Å². The van der Waals surface area contributed by atoms with Crippen LogP contribution < -0.4 is 10.1 Å². The maximum absolute atomic E-state index is 11.8. The Balaban J connectivity index is 2.05. The van der Waals surface area contributed by atoms with Crippen LogP contribution >= 0.6 is 0 Å². The predicted molar refractivity (Wildman–Crippen MR) is 86.5 cm³/mol. The number of aromatic hydroxyl groups is 2. The van der Waals surface area contributed by atoms with Crippen molar-refractivity contribution < 1.29 is 19.7 Å². The lowest BCUT2D eigenvalue weighted by molar-refractivity contribution is -0.116. The van der Waals surface area contributed by atoms with Gasteiger partial charge >= 0.3 is 0 Å². The number of phenolic OH excluding ortho intramolecular Hbond substituents is 2. The number of phenols is 2. The van der Waals surface area contributed by atoms with Crippen molar-refractivity contribution in [1.82, 2.24) is 5.32 Å². The Morgan fingerprint density at radius 2 is 1.87 bits per heavy atom. The van der Waals surface area contributed by atoms with Crippen LogP contribution in [0.25, 0.3) is 5.57 Å². The van der Waals surface area contributed by atoms with Crippen LogP contribution in [0.15, 0.2) is 48.5 Å². The van der Waals surface area contributed by atoms with Crippen molar-refractivity contribution in [2.45, 2.75) is 5.92 Å². The summed E-state index contributed by atoms with van der Waals surface area (Å²) < 4.78 is 5.15. The van der Waals surface area contributed by atoms with E-state index in [1.807, 2.05) is 12.1 Å². The van der Waals surface area contributed by atoms with E-state index < -0.39 is 0 Å². The molecule has 1 amide bonds. The molecule has 0 spiro atoms. The summed E-state index contributed by atoms with van der Waals surface area (Å²) in [5.74, 6) is 0.423. The highest BCUT2D eigenvalue weighted by Crippen LogP contribution is 2.37. The second-order valence-corrected chi connectivity index (χ2v) is 5.38. The molecule has 0 aromatic heterocycles. The molecule has 0 saturated heterocycles. The maximum Gasteiger partial charge on any atom is 0.244 e. The molecule has 0 radical (unpaired) electrons. The lowest BCUT2D eigenvalue weighted by Crippen LogP contribution is -2.32. The summed E-state index contributed by atoms with van der Waals surface area (Å²) in [6, 6.07) is 12.0. The van der Waals surface area contributed by atoms with Gasteiger partial charge in [-0.15, -0.1) is 0 Å². The monoisotopic (exact) mass is 311 g/mol. The first-order valence-electron chi connectivity index (χ1n) is 7.24. The molecule has 5 heteroatoms. The molecule has 1 heterocycles. The maximum atomic E-state index is 11.8. The second kappa shape index (κ2) is 6.04. The molecule has 0 bridgehead atoms. The van der Waals surface area contributed by atoms with Crippen molar-refractivity contribution >= 4 is 11.5 Å². The zero-order chi connectivity index (χ0) is 16.4. The van der Waals surface area contributed by atoms with Crippen LogP contribution in [-0.4, -0.2) is 29.8 Å². The molecule has 0 saturated carbocycles. The van der Waals surface area contributed by atoms with Crippen LogP contribution in [0.1, 0.15) is 17.0 Å². The number of amides is 1. The van der Waals surface area contributed by atoms with E-state index in [1.165, 1.54) is 7.11 Å². The van der Waals surface area contributed by atoms with E-state index in [0.717, 1.165) is 16.7 Å². The third kappa shape index (κ3) is 2.99. The minimum absolute atomic E-state index is 0.0393. The molecule has 3 rings (SSSR count). The third-order valence-corrected chi connectivity index (χ3v) is 3.95. The lowest BCUT2D eigenvalue weighted by Gasteiger charge is -2.26. The summed E-state index contributed by atoms with van der Waals surface area (Å²) in [5.41, 5.74) is 2.64. The SMILES string of the molecule is COc1cc(C2=CC(=O)NC[C@@H]2c2ccc(O)cc2)ccc1O. The molecule has 2 aromatic rings. The van der Waals surface area contributed by atoms with Crippen molar-refractivity contribution in [3.63, 3.8) is 0 Å². The summed E-state index contributed by atoms with van der Waals surface area (Å²) in [6.07, 6.45) is 1.56. The highest BCUT2D eigenvalue weighted by atomic mass is 16.5. The van der Waals surface area contributed by atoms with Gasteiger partial charge in [-0.1, -0.05) is 18.2 Å². The minimum atomic E-state index is -0.151. The molecule has 1 aliphatic rings. The Morgan fingerprint density at radius 1 is 1.13 bits per heavy atom. The van der Waals surface area contributed by atoms with Gasteiger partial charge in [-0.2, -0.15) is 0 Å². The summed E-state index contributed by atoms with van der Waals surface area (Å²) in [6.45, 7) is 0.471. The van der Waals surface area contributed by atoms with E-state index in [-0.39, 0.29) is 23.3 Å². The first-order valence-corrected chi connectivity index (χ1v) is 7.24. The molecule has 0 unspecified atom stereocenters. The average Bonchev–Trinajstić information content (AvgIpc) is 2.56. The van der Waals surface area contributed by atoms with Crippen molar-refractivity contribution in [1.29, 1.82) is 0 Å². The molecule has 0 aliphatic carbocycles. The van der Waals surface area contributed by atoms with Gasteiger partial charge in [0.1, 0.15) is 5.75 Å². The Bertz CT molecular complexity index is 765. The van der Waals surface area contributed by atoms with Gasteiger partial charge < -0.3 is 20.3 Å². The number of carbonyl (C=O) groups is 1. The first-order chi connectivity index (χ1) is 11.1. The summed E-state index contributed by atoms with van der Waals surface area (Å²) in [4.78, 5) is 11.8. The zero-order valence-corrected chi connectivity index (χ0v) is 12.6. The van der Waals surface area contributed by atoms with Crippen molar-refractivity contribution in [2.75, 3.05) is 13.7 Å². The number of carbonyl (C=O) groups excluding carboxylic acids is 1. The predicted octanol–water partition coefficient (Wildman–Crippen LogP) is 2.40. The fraction of sp³-hybridized carbons (Fsp3) is 0.167. The van der Waals surface area contributed by atoms with Gasteiger partial charge in [-0.05, 0) is 41.0 Å². The molecule has 118 valence electrons. The van der Waals surface area contributed by atoms with E-state index in [1.54, 1.807) is 36.4 Å². The number of rotatable bonds is 3. The molecular weight excluding hydrogens is 294 g/mol. The second-order valence-electron chi connectivity index (χ2n) is 5.38. The molecule has 5 nitrogen and oxygen atoms in total. The summed E-state index contributed by atoms with van der Waals surface area (Å²) in [7, 11) is 1.48. The van der Waals surface area contributed by atoms with Crippen LogP contribution in [0.5, 0.6) is 17.2 Å². The van der Waals surface area contributed by atoms with E-state index in [0.29, 0.717) is 12.3 Å². The van der Waals surface area contributed by atoms with Gasteiger partial charge in [0.05, 0.1) is 7.11 Å². The first kappa shape index (κ1) is 15.0. The molecule has 1 atom stereocenters. The largest absolute Gasteiger partial charge is 0.508 e. The van der Waals surface area contributed by atoms with Gasteiger partial charge in [0.25, 0.3) is 0 Å². The average molecular weight is 311 g/mol. The molecule has 1 aliphatic heterocycles. The summed E-state index contributed by atoms with van der Waals surface area (Å²) >= 11 is 0. The third-order valence-electron chi connectivity index (χ3n) is 3.95. The Morgan fingerprint density at radius 3 is 2.57 bits per heavy atom. The van der Waals surface area contributed by atoms with Crippen LogP contribution in [0.4, 0.5) is 0 Å². The van der Waals surface area contributed by atoms with Crippen LogP contribution in [0.2, 0.25) is 0 Å². The molecular formula is C18H17NO4. The zero-order valence-electron chi connectivity index (χ0n) is 12.6. The van der Waals surface area contributed by atoms with Gasteiger partial charge in [0, 0.05) is 18.5 Å². The molecule has 3 N–H and O–H groups in total. The Labute approximate surface area is 133 Å². The normalized spacial score (nSPS) is 17.3. The Hall–Kier alpha value is -2.95. The minimum Gasteiger partial charge on any atom is -0.508 e. The van der Waals surface area contributed by atoms with Crippen LogP contribution in [0, 0.1) is 0 Å². The number of hydrogen-bond acceptors (Lipinski definition) is 4. The van der Waals surface area contributed by atoms with E-state index in [4.69, 9.17) is 4.74 Å². The molecule has 2 aromatic carbocycles. The smallest absolute Gasteiger partial charge is 0.244 e. The standard InChI is InChI=1S/C18H17NO4/c1-23-17-8-12(4-7-16(17)21)14-9-18(22)19-10-15(14)11-2-5-13(20)6-3-11/h2-9,15,20-21H,10H2,1H3,(H,19,22)/t15-/m1/s1. The fourth-order valence-electron chi connectivity index (χ4n) is 2.75. The van der Waals surface area contributed by atoms with Crippen LogP contribution in [-0.2, 0) is 4.79 Å². The van der Waals surface area contributed by atoms with E-state index >= 15 is 0 Å². The fourth-order valence-corrected chi connectivity index (χ4v) is 2.75. The number of methoxy groups -OCH3 is 1. The van der Waals surface area contributed by atoms with Crippen molar-refractivity contribution in [3.05, 3.63) is 59.7 Å². The van der Waals surface area contributed by atoms with Gasteiger partial charge in [0.15, 0.2) is 11.5 Å². The van der Waals surface area contributed by atoms with E-state index in [9.17, 15) is 15.0 Å². The number of nitrogens with one attached hydrogen (secondary N) is 1. The van der Waals surface area contributed by atoms with Crippen molar-refractivity contribution in [2.24, 2.45) is 0 Å². The highest BCUT2D eigenvalue weighted by Gasteiger charge is 2.24. The number of hydrogen-bond donors (Lipinski definition) is 3. The summed E-state index contributed by atoms with van der Waals surface area (Å²) in [5, 5.41) is 22.0. The van der Waals surface area contributed by atoms with E-state index in [2.05, 4.69) is 5.32 Å². The van der Waals surface area contributed by atoms with Gasteiger partial charge in [-0.3, -0.25) is 4.79 Å². The van der Waals surface area contributed by atoms with Gasteiger partial charge in [-0.25, -0.2) is 0 Å². The highest BCUT2D eigenvalue weighted by molar-refractivity contribution is 5.98. The number of benzene rings is 2. The van der Waals surface area contributed by atoms with Crippen molar-refractivity contribution in [3.8, 4) is 17.2 Å². The molecule has 23 heavy (non-hydrogen) atoms. The number of ether oxygens (including phenoxy) is 1.